The van der Waals surface area contributed by atoms with Crippen LogP contribution in [0.3, 0.4) is 0 Å². The standard InChI is InChI=1S/C18H38O5Si3/c1-13(2)17(20)21-16-10-9-14(11-15(16)19)12-18(24,22-25(3,4)5)23-26(6,7)8/h14-16,19H,1,9-12H2,2-8,24H3. The third kappa shape index (κ3) is 8.62. The molecule has 1 fully saturated rings. The van der Waals surface area contributed by atoms with Crippen LogP contribution < -0.4 is 0 Å². The fourth-order valence-electron chi connectivity index (χ4n) is 3.69. The van der Waals surface area contributed by atoms with Crippen LogP contribution in [-0.4, -0.2) is 55.6 Å². The molecule has 1 aliphatic rings. The summed E-state index contributed by atoms with van der Waals surface area (Å²) >= 11 is 0. The zero-order valence-corrected chi connectivity index (χ0v) is 21.8. The summed E-state index contributed by atoms with van der Waals surface area (Å²) in [5.41, 5.74) is -0.120. The monoisotopic (exact) mass is 418 g/mol. The average Bonchev–Trinajstić information content (AvgIpc) is 2.36. The zero-order chi connectivity index (χ0) is 20.3. The molecule has 5 nitrogen and oxygen atoms in total. The van der Waals surface area contributed by atoms with Crippen LogP contribution in [0.5, 0.6) is 0 Å². The minimum atomic E-state index is -1.75. The Bertz CT molecular complexity index is 494. The summed E-state index contributed by atoms with van der Waals surface area (Å²) in [5, 5.41) is 10.5. The van der Waals surface area contributed by atoms with E-state index in [1.54, 1.807) is 6.92 Å². The first-order valence-corrected chi connectivity index (χ1v) is 17.4. The van der Waals surface area contributed by atoms with Crippen LogP contribution in [0.2, 0.25) is 39.3 Å². The number of carbonyl (C=O) groups excluding carboxylic acids is 1. The Kier molecular flexibility index (Phi) is 8.08. The summed E-state index contributed by atoms with van der Waals surface area (Å²) in [5.74, 6) is -0.108. The van der Waals surface area contributed by atoms with Gasteiger partial charge in [0.25, 0.3) is 0 Å². The van der Waals surface area contributed by atoms with Crippen LogP contribution in [0, 0.1) is 5.92 Å². The van der Waals surface area contributed by atoms with Crippen LogP contribution in [0.15, 0.2) is 12.2 Å². The Morgan fingerprint density at radius 3 is 2.04 bits per heavy atom. The minimum Gasteiger partial charge on any atom is -0.456 e. The molecule has 0 radical (unpaired) electrons. The van der Waals surface area contributed by atoms with Gasteiger partial charge in [-0.2, -0.15) is 0 Å². The van der Waals surface area contributed by atoms with Crippen LogP contribution in [-0.2, 0) is 18.4 Å². The van der Waals surface area contributed by atoms with Gasteiger partial charge in [-0.3, -0.25) is 0 Å². The molecule has 1 saturated carbocycles. The molecule has 0 amide bonds. The van der Waals surface area contributed by atoms with Gasteiger partial charge in [-0.25, -0.2) is 4.79 Å². The lowest BCUT2D eigenvalue weighted by atomic mass is 9.83. The fraction of sp³-hybridized carbons (Fsp3) is 0.833. The van der Waals surface area contributed by atoms with Gasteiger partial charge >= 0.3 is 5.97 Å². The average molecular weight is 419 g/mol. The number of hydrogen-bond acceptors (Lipinski definition) is 5. The Balaban J connectivity index is 2.75. The maximum Gasteiger partial charge on any atom is 0.333 e. The van der Waals surface area contributed by atoms with E-state index in [2.05, 4.69) is 45.9 Å². The van der Waals surface area contributed by atoms with Crippen molar-refractivity contribution in [2.45, 2.75) is 89.5 Å². The van der Waals surface area contributed by atoms with Crippen molar-refractivity contribution in [1.82, 2.24) is 0 Å². The van der Waals surface area contributed by atoms with Crippen molar-refractivity contribution < 1.29 is 23.5 Å². The highest BCUT2D eigenvalue weighted by Gasteiger charge is 2.41. The van der Waals surface area contributed by atoms with Gasteiger partial charge in [0.1, 0.15) is 11.5 Å². The lowest BCUT2D eigenvalue weighted by Gasteiger charge is -2.44. The summed E-state index contributed by atoms with van der Waals surface area (Å²) in [4.78, 5) is 11.7. The number of hydrogen-bond donors (Lipinski definition) is 1. The molecule has 1 rings (SSSR count). The van der Waals surface area contributed by atoms with Crippen LogP contribution in [0.4, 0.5) is 0 Å². The number of aliphatic hydroxyl groups excluding tert-OH is 1. The quantitative estimate of drug-likeness (QED) is 0.284. The molecule has 0 aliphatic heterocycles. The maximum absolute atomic E-state index is 11.7. The summed E-state index contributed by atoms with van der Waals surface area (Å²) < 4.78 is 18.4. The molecule has 0 saturated heterocycles. The molecule has 3 unspecified atom stereocenters. The molecule has 1 aliphatic carbocycles. The molecule has 8 heteroatoms. The highest BCUT2D eigenvalue weighted by Crippen LogP contribution is 2.36. The summed E-state index contributed by atoms with van der Waals surface area (Å²) in [6, 6.07) is 0. The van der Waals surface area contributed by atoms with E-state index in [0.717, 1.165) is 23.1 Å². The topological polar surface area (TPSA) is 65.0 Å². The molecule has 26 heavy (non-hydrogen) atoms. The molecule has 0 spiro atoms. The molecular formula is C18H38O5Si3. The van der Waals surface area contributed by atoms with Crippen molar-refractivity contribution in [2.24, 2.45) is 5.92 Å². The number of esters is 1. The van der Waals surface area contributed by atoms with Gasteiger partial charge in [0.2, 0.25) is 0 Å². The van der Waals surface area contributed by atoms with E-state index in [1.807, 2.05) is 0 Å². The first kappa shape index (κ1) is 23.8. The van der Waals surface area contributed by atoms with Crippen molar-refractivity contribution in [1.29, 1.82) is 0 Å². The van der Waals surface area contributed by atoms with Gasteiger partial charge in [-0.05, 0) is 77.8 Å². The highest BCUT2D eigenvalue weighted by atomic mass is 28.4. The van der Waals surface area contributed by atoms with E-state index < -0.39 is 40.2 Å². The zero-order valence-electron chi connectivity index (χ0n) is 17.8. The summed E-state index contributed by atoms with van der Waals surface area (Å²) in [6.07, 6.45) is 1.92. The molecule has 0 bridgehead atoms. The Morgan fingerprint density at radius 1 is 1.15 bits per heavy atom. The molecule has 152 valence electrons. The predicted molar refractivity (Wildman–Crippen MR) is 114 cm³/mol. The number of aliphatic hydroxyl groups is 1. The molecule has 0 heterocycles. The van der Waals surface area contributed by atoms with Crippen molar-refractivity contribution in [3.63, 3.8) is 0 Å². The van der Waals surface area contributed by atoms with Gasteiger partial charge in [0.05, 0.1) is 16.3 Å². The van der Waals surface area contributed by atoms with Crippen LogP contribution in [0.1, 0.15) is 32.6 Å². The van der Waals surface area contributed by atoms with E-state index in [1.165, 1.54) is 0 Å². The lowest BCUT2D eigenvalue weighted by molar-refractivity contribution is -0.155. The van der Waals surface area contributed by atoms with E-state index >= 15 is 0 Å². The number of carbonyl (C=O) groups is 1. The van der Waals surface area contributed by atoms with Crippen molar-refractivity contribution >= 4 is 32.8 Å². The van der Waals surface area contributed by atoms with Crippen molar-refractivity contribution in [2.75, 3.05) is 0 Å². The van der Waals surface area contributed by atoms with E-state index in [9.17, 15) is 9.90 Å². The molecule has 1 N–H and O–H groups in total. The lowest BCUT2D eigenvalue weighted by Crippen LogP contribution is -2.52. The highest BCUT2D eigenvalue weighted by molar-refractivity contribution is 6.71. The van der Waals surface area contributed by atoms with Gasteiger partial charge < -0.3 is 18.7 Å². The molecular weight excluding hydrogens is 380 g/mol. The van der Waals surface area contributed by atoms with E-state index in [-0.39, 0.29) is 0 Å². The second kappa shape index (κ2) is 8.83. The molecule has 0 aromatic carbocycles. The van der Waals surface area contributed by atoms with Gasteiger partial charge in [0, 0.05) is 5.57 Å². The molecule has 3 atom stereocenters. The third-order valence-corrected chi connectivity index (χ3v) is 7.90. The van der Waals surface area contributed by atoms with Gasteiger partial charge in [-0.1, -0.05) is 6.58 Å². The Labute approximate surface area is 164 Å². The molecule has 0 aromatic heterocycles. The van der Waals surface area contributed by atoms with E-state index in [0.29, 0.717) is 24.3 Å². The predicted octanol–water partition coefficient (Wildman–Crippen LogP) is 2.75. The van der Waals surface area contributed by atoms with Crippen LogP contribution in [0.25, 0.3) is 0 Å². The van der Waals surface area contributed by atoms with Crippen molar-refractivity contribution in [3.05, 3.63) is 12.2 Å². The molecule has 0 aromatic rings. The second-order valence-corrected chi connectivity index (χ2v) is 20.1. The minimum absolute atomic E-state index is 0.315. The maximum atomic E-state index is 11.7. The van der Waals surface area contributed by atoms with Gasteiger partial charge in [0.15, 0.2) is 16.6 Å². The smallest absolute Gasteiger partial charge is 0.333 e. The van der Waals surface area contributed by atoms with Crippen LogP contribution >= 0.6 is 0 Å². The first-order chi connectivity index (χ1) is 11.6. The largest absolute Gasteiger partial charge is 0.456 e. The number of ether oxygens (including phenoxy) is 1. The van der Waals surface area contributed by atoms with E-state index in [4.69, 9.17) is 13.6 Å². The Morgan fingerprint density at radius 2 is 1.65 bits per heavy atom. The SMILES string of the molecule is C=C(C)C(=O)OC1CCC(CC([SiH3])(O[Si](C)(C)C)O[Si](C)(C)C)CC1O. The first-order valence-electron chi connectivity index (χ1n) is 9.55. The summed E-state index contributed by atoms with van der Waals surface area (Å²) in [6.45, 7) is 18.4. The second-order valence-electron chi connectivity index (χ2n) is 9.74. The Hall–Kier alpha value is -0.259. The number of rotatable bonds is 8. The van der Waals surface area contributed by atoms with Crippen molar-refractivity contribution in [3.8, 4) is 0 Å². The summed E-state index contributed by atoms with van der Waals surface area (Å²) in [7, 11) is -2.71. The fourth-order valence-corrected chi connectivity index (χ4v) is 10.9. The third-order valence-electron chi connectivity index (χ3n) is 4.17. The van der Waals surface area contributed by atoms with Gasteiger partial charge in [-0.15, -0.1) is 0 Å². The normalized spacial score (nSPS) is 25.2.